The molecular formula is C21H22FNO3. The average molecular weight is 355 g/mol. The molecule has 0 radical (unpaired) electrons. The Bertz CT molecular complexity index is 805. The summed E-state index contributed by atoms with van der Waals surface area (Å²) in [6.45, 7) is 1.62. The van der Waals surface area contributed by atoms with E-state index >= 15 is 0 Å². The normalized spacial score (nSPS) is 15.4. The van der Waals surface area contributed by atoms with Gasteiger partial charge >= 0.3 is 5.97 Å². The largest absolute Gasteiger partial charge is 0.465 e. The van der Waals surface area contributed by atoms with E-state index < -0.39 is 11.8 Å². The molecular weight excluding hydrogens is 333 g/mol. The molecule has 0 saturated carbocycles. The Morgan fingerprint density at radius 3 is 2.65 bits per heavy atom. The van der Waals surface area contributed by atoms with Gasteiger partial charge in [-0.25, -0.2) is 4.39 Å². The monoisotopic (exact) mass is 355 g/mol. The Morgan fingerprint density at radius 1 is 1.15 bits per heavy atom. The molecule has 0 heterocycles. The number of hydrogen-bond donors (Lipinski definition) is 0. The SMILES string of the molecule is CCOC(=O)CN(C(=O)CC1CCc2ccccc21)c1ccccc1F. The van der Waals surface area contributed by atoms with Gasteiger partial charge in [-0.2, -0.15) is 0 Å². The molecule has 1 unspecified atom stereocenters. The Morgan fingerprint density at radius 2 is 1.88 bits per heavy atom. The van der Waals surface area contributed by atoms with Crippen LogP contribution < -0.4 is 4.90 Å². The molecule has 0 aliphatic heterocycles. The van der Waals surface area contributed by atoms with Crippen molar-refractivity contribution in [3.63, 3.8) is 0 Å². The van der Waals surface area contributed by atoms with Gasteiger partial charge in [0.15, 0.2) is 0 Å². The molecule has 0 spiro atoms. The minimum Gasteiger partial charge on any atom is -0.465 e. The van der Waals surface area contributed by atoms with Crippen LogP contribution in [0.15, 0.2) is 48.5 Å². The second kappa shape index (κ2) is 8.13. The number of rotatable bonds is 6. The van der Waals surface area contributed by atoms with Gasteiger partial charge in [0.05, 0.1) is 12.3 Å². The lowest BCUT2D eigenvalue weighted by molar-refractivity contribution is -0.142. The van der Waals surface area contributed by atoms with Crippen LogP contribution in [0.3, 0.4) is 0 Å². The first-order valence-electron chi connectivity index (χ1n) is 8.88. The van der Waals surface area contributed by atoms with Gasteiger partial charge < -0.3 is 4.74 Å². The van der Waals surface area contributed by atoms with E-state index in [0.29, 0.717) is 0 Å². The molecule has 2 aromatic carbocycles. The highest BCUT2D eigenvalue weighted by atomic mass is 19.1. The summed E-state index contributed by atoms with van der Waals surface area (Å²) in [5.41, 5.74) is 2.54. The zero-order valence-electron chi connectivity index (χ0n) is 14.8. The summed E-state index contributed by atoms with van der Waals surface area (Å²) < 4.78 is 19.2. The van der Waals surface area contributed by atoms with Gasteiger partial charge in [-0.05, 0) is 48.9 Å². The quantitative estimate of drug-likeness (QED) is 0.740. The van der Waals surface area contributed by atoms with E-state index in [2.05, 4.69) is 6.07 Å². The number of halogens is 1. The summed E-state index contributed by atoms with van der Waals surface area (Å²) in [6.07, 6.45) is 2.06. The molecule has 0 saturated heterocycles. The highest BCUT2D eigenvalue weighted by molar-refractivity contribution is 5.98. The standard InChI is InChI=1S/C21H22FNO3/c1-2-26-21(25)14-23(19-10-6-5-9-18(19)22)20(24)13-16-12-11-15-7-3-4-8-17(15)16/h3-10,16H,2,11-14H2,1H3. The van der Waals surface area contributed by atoms with E-state index in [-0.39, 0.29) is 37.1 Å². The van der Waals surface area contributed by atoms with Gasteiger partial charge in [0.25, 0.3) is 0 Å². The summed E-state index contributed by atoms with van der Waals surface area (Å²) in [5, 5.41) is 0. The fraction of sp³-hybridized carbons (Fsp3) is 0.333. The van der Waals surface area contributed by atoms with E-state index in [9.17, 15) is 14.0 Å². The minimum absolute atomic E-state index is 0.0927. The van der Waals surface area contributed by atoms with Gasteiger partial charge in [-0.15, -0.1) is 0 Å². The predicted octanol–water partition coefficient (Wildman–Crippen LogP) is 3.84. The van der Waals surface area contributed by atoms with Crippen molar-refractivity contribution in [2.45, 2.75) is 32.1 Å². The first-order chi connectivity index (χ1) is 12.6. The lowest BCUT2D eigenvalue weighted by Crippen LogP contribution is -2.37. The fourth-order valence-electron chi connectivity index (χ4n) is 3.49. The zero-order valence-corrected chi connectivity index (χ0v) is 14.8. The first kappa shape index (κ1) is 18.1. The Labute approximate surface area is 152 Å². The molecule has 136 valence electrons. The number of para-hydroxylation sites is 1. The number of esters is 1. The summed E-state index contributed by atoms with van der Waals surface area (Å²) in [7, 11) is 0. The number of carbonyl (C=O) groups excluding carboxylic acids is 2. The maximum Gasteiger partial charge on any atom is 0.326 e. The molecule has 0 N–H and O–H groups in total. The van der Waals surface area contributed by atoms with Crippen molar-refractivity contribution in [2.24, 2.45) is 0 Å². The van der Waals surface area contributed by atoms with E-state index in [4.69, 9.17) is 4.74 Å². The smallest absolute Gasteiger partial charge is 0.326 e. The van der Waals surface area contributed by atoms with Crippen molar-refractivity contribution >= 4 is 17.6 Å². The molecule has 0 aromatic heterocycles. The van der Waals surface area contributed by atoms with Crippen molar-refractivity contribution in [1.82, 2.24) is 0 Å². The van der Waals surface area contributed by atoms with Crippen molar-refractivity contribution in [1.29, 1.82) is 0 Å². The van der Waals surface area contributed by atoms with Crippen LogP contribution in [0, 0.1) is 5.82 Å². The number of anilines is 1. The van der Waals surface area contributed by atoms with Crippen LogP contribution in [0.1, 0.15) is 36.8 Å². The molecule has 5 heteroatoms. The molecule has 0 fully saturated rings. The second-order valence-corrected chi connectivity index (χ2v) is 6.37. The minimum atomic E-state index is -0.545. The van der Waals surface area contributed by atoms with E-state index in [1.165, 1.54) is 28.2 Å². The Kier molecular flexibility index (Phi) is 5.66. The molecule has 1 aliphatic rings. The summed E-state index contributed by atoms with van der Waals surface area (Å²) in [5.74, 6) is -1.26. The molecule has 26 heavy (non-hydrogen) atoms. The van der Waals surface area contributed by atoms with E-state index in [0.717, 1.165) is 12.8 Å². The molecule has 1 amide bonds. The fourth-order valence-corrected chi connectivity index (χ4v) is 3.49. The van der Waals surface area contributed by atoms with Crippen LogP contribution in [0.25, 0.3) is 0 Å². The van der Waals surface area contributed by atoms with E-state index in [1.807, 2.05) is 18.2 Å². The third-order valence-electron chi connectivity index (χ3n) is 4.71. The van der Waals surface area contributed by atoms with Crippen molar-refractivity contribution in [3.05, 3.63) is 65.5 Å². The summed E-state index contributed by atoms with van der Waals surface area (Å²) in [6, 6.07) is 14.1. The Hall–Kier alpha value is -2.69. The number of ether oxygens (including phenoxy) is 1. The van der Waals surface area contributed by atoms with Crippen LogP contribution in [0.2, 0.25) is 0 Å². The zero-order chi connectivity index (χ0) is 18.5. The summed E-state index contributed by atoms with van der Waals surface area (Å²) >= 11 is 0. The van der Waals surface area contributed by atoms with Gasteiger partial charge in [0.2, 0.25) is 5.91 Å². The highest BCUT2D eigenvalue weighted by Gasteiger charge is 2.29. The molecule has 4 nitrogen and oxygen atoms in total. The van der Waals surface area contributed by atoms with Crippen molar-refractivity contribution in [3.8, 4) is 0 Å². The first-order valence-corrected chi connectivity index (χ1v) is 8.88. The van der Waals surface area contributed by atoms with Crippen LogP contribution in [0.5, 0.6) is 0 Å². The van der Waals surface area contributed by atoms with E-state index in [1.54, 1.807) is 19.1 Å². The van der Waals surface area contributed by atoms with Crippen LogP contribution in [-0.4, -0.2) is 25.0 Å². The Balaban J connectivity index is 1.81. The molecule has 1 aliphatic carbocycles. The number of benzene rings is 2. The van der Waals surface area contributed by atoms with Gasteiger partial charge in [-0.3, -0.25) is 14.5 Å². The molecule has 0 bridgehead atoms. The topological polar surface area (TPSA) is 46.6 Å². The maximum absolute atomic E-state index is 14.2. The lowest BCUT2D eigenvalue weighted by Gasteiger charge is -2.24. The highest BCUT2D eigenvalue weighted by Crippen LogP contribution is 2.36. The summed E-state index contributed by atoms with van der Waals surface area (Å²) in [4.78, 5) is 26.1. The molecule has 3 rings (SSSR count). The van der Waals surface area contributed by atoms with Crippen LogP contribution in [0.4, 0.5) is 10.1 Å². The number of fused-ring (bicyclic) bond motifs is 1. The third-order valence-corrected chi connectivity index (χ3v) is 4.71. The molecule has 2 aromatic rings. The van der Waals surface area contributed by atoms with Crippen molar-refractivity contribution in [2.75, 3.05) is 18.1 Å². The predicted molar refractivity (Wildman–Crippen MR) is 97.5 cm³/mol. The number of hydrogen-bond acceptors (Lipinski definition) is 3. The average Bonchev–Trinajstić information content (AvgIpc) is 3.04. The maximum atomic E-state index is 14.2. The number of amides is 1. The van der Waals surface area contributed by atoms with Gasteiger partial charge in [0.1, 0.15) is 12.4 Å². The van der Waals surface area contributed by atoms with Gasteiger partial charge in [-0.1, -0.05) is 36.4 Å². The van der Waals surface area contributed by atoms with Crippen LogP contribution in [-0.2, 0) is 20.7 Å². The van der Waals surface area contributed by atoms with Gasteiger partial charge in [0, 0.05) is 6.42 Å². The lowest BCUT2D eigenvalue weighted by atomic mass is 9.97. The number of aryl methyl sites for hydroxylation is 1. The van der Waals surface area contributed by atoms with Crippen LogP contribution >= 0.6 is 0 Å². The number of carbonyl (C=O) groups is 2. The van der Waals surface area contributed by atoms with Crippen molar-refractivity contribution < 1.29 is 18.7 Å². The second-order valence-electron chi connectivity index (χ2n) is 6.37. The number of nitrogens with zero attached hydrogens (tertiary/aromatic N) is 1. The third kappa shape index (κ3) is 3.93. The molecule has 1 atom stereocenters.